The Labute approximate surface area is 481 Å². The number of aliphatic hydroxyl groups excluding tert-OH is 2. The van der Waals surface area contributed by atoms with E-state index in [-0.39, 0.29) is 18.5 Å². The van der Waals surface area contributed by atoms with Crippen LogP contribution in [-0.4, -0.2) is 47.4 Å². The highest BCUT2D eigenvalue weighted by molar-refractivity contribution is 5.76. The van der Waals surface area contributed by atoms with Gasteiger partial charge in [0.25, 0.3) is 0 Å². The van der Waals surface area contributed by atoms with Gasteiger partial charge in [0.1, 0.15) is 0 Å². The van der Waals surface area contributed by atoms with Gasteiger partial charge in [0.15, 0.2) is 0 Å². The molecular formula is C71H135NO5. The first-order valence-electron chi connectivity index (χ1n) is 34.7. The second kappa shape index (κ2) is 66.6. The van der Waals surface area contributed by atoms with E-state index in [1.165, 1.54) is 295 Å². The van der Waals surface area contributed by atoms with Crippen LogP contribution in [0.4, 0.5) is 0 Å². The van der Waals surface area contributed by atoms with Crippen molar-refractivity contribution in [2.45, 2.75) is 392 Å². The normalized spacial score (nSPS) is 12.7. The Morgan fingerprint density at radius 3 is 1.03 bits per heavy atom. The predicted molar refractivity (Wildman–Crippen MR) is 338 cm³/mol. The summed E-state index contributed by atoms with van der Waals surface area (Å²) in [5, 5.41) is 23.4. The zero-order chi connectivity index (χ0) is 55.7. The van der Waals surface area contributed by atoms with Gasteiger partial charge >= 0.3 is 5.97 Å². The Morgan fingerprint density at radius 1 is 0.364 bits per heavy atom. The number of amides is 1. The van der Waals surface area contributed by atoms with Gasteiger partial charge in [0, 0.05) is 12.8 Å². The standard InChI is InChI=1S/C71H135NO5/c1-3-5-7-9-11-13-15-17-19-20-21-22-23-26-29-32-36-39-43-47-51-55-59-63-69(74)68(67-73)72-70(75)64-60-56-52-48-44-40-37-33-30-27-24-25-28-31-34-38-42-46-50-54-58-62-66-77-71(76)65-61-57-53-49-45-41-35-18-16-14-12-10-8-6-4-2/h12,14,18,27,30,35,68-69,73-74H,3-11,13,15-17,19-26,28-29,31-34,36-67H2,1-2H3,(H,72,75)/b14-12-,30-27-,35-18-. The first-order chi connectivity index (χ1) is 38.0. The number of unbranched alkanes of at least 4 members (excludes halogenated alkanes) is 48. The quantitative estimate of drug-likeness (QED) is 0.0320. The molecule has 0 fully saturated rings. The summed E-state index contributed by atoms with van der Waals surface area (Å²) in [5.41, 5.74) is 0. The van der Waals surface area contributed by atoms with Crippen molar-refractivity contribution in [2.75, 3.05) is 13.2 Å². The zero-order valence-electron chi connectivity index (χ0n) is 52.0. The second-order valence-electron chi connectivity index (χ2n) is 23.9. The summed E-state index contributed by atoms with van der Waals surface area (Å²) < 4.78 is 5.48. The molecule has 454 valence electrons. The molecule has 0 aromatic carbocycles. The minimum absolute atomic E-state index is 0.00345. The highest BCUT2D eigenvalue weighted by atomic mass is 16.5. The van der Waals surface area contributed by atoms with E-state index in [1.54, 1.807) is 0 Å². The molecule has 0 radical (unpaired) electrons. The number of allylic oxidation sites excluding steroid dienone is 6. The molecule has 77 heavy (non-hydrogen) atoms. The molecule has 0 aliphatic heterocycles. The highest BCUT2D eigenvalue weighted by Crippen LogP contribution is 2.18. The van der Waals surface area contributed by atoms with Crippen molar-refractivity contribution in [2.24, 2.45) is 0 Å². The van der Waals surface area contributed by atoms with Gasteiger partial charge in [-0.1, -0.05) is 320 Å². The van der Waals surface area contributed by atoms with Gasteiger partial charge in [0.2, 0.25) is 5.91 Å². The SMILES string of the molecule is CCCCC/C=C\C/C=C\CCCCCCCC(=O)OCCCCCCCCCCCCC/C=C\CCCCCCCCCC(=O)NC(CO)C(O)CCCCCCCCCCCCCCCCCCCCCCCCC. The summed E-state index contributed by atoms with van der Waals surface area (Å²) >= 11 is 0. The van der Waals surface area contributed by atoms with Crippen LogP contribution in [0.3, 0.4) is 0 Å². The molecule has 2 unspecified atom stereocenters. The third-order valence-corrected chi connectivity index (χ3v) is 16.2. The summed E-state index contributed by atoms with van der Waals surface area (Å²) in [6, 6.07) is -0.549. The lowest BCUT2D eigenvalue weighted by Gasteiger charge is -2.22. The van der Waals surface area contributed by atoms with Crippen molar-refractivity contribution in [3.8, 4) is 0 Å². The summed E-state index contributed by atoms with van der Waals surface area (Å²) in [4.78, 5) is 24.6. The first kappa shape index (κ1) is 75.1. The van der Waals surface area contributed by atoms with Gasteiger partial charge in [-0.15, -0.1) is 0 Å². The van der Waals surface area contributed by atoms with Gasteiger partial charge in [-0.05, 0) is 83.5 Å². The minimum Gasteiger partial charge on any atom is -0.466 e. The van der Waals surface area contributed by atoms with Crippen molar-refractivity contribution < 1.29 is 24.5 Å². The first-order valence-corrected chi connectivity index (χ1v) is 34.7. The number of carbonyl (C=O) groups excluding carboxylic acids is 2. The minimum atomic E-state index is -0.671. The highest BCUT2D eigenvalue weighted by Gasteiger charge is 2.20. The van der Waals surface area contributed by atoms with E-state index in [0.29, 0.717) is 25.9 Å². The molecule has 0 bridgehead atoms. The maximum atomic E-state index is 12.5. The molecule has 0 spiro atoms. The fourth-order valence-corrected chi connectivity index (χ4v) is 10.8. The number of aliphatic hydroxyl groups is 2. The number of hydrogen-bond acceptors (Lipinski definition) is 5. The molecule has 0 rings (SSSR count). The fourth-order valence-electron chi connectivity index (χ4n) is 10.8. The summed E-state index contributed by atoms with van der Waals surface area (Å²) in [5.74, 6) is -0.0418. The van der Waals surface area contributed by atoms with Crippen molar-refractivity contribution in [1.29, 1.82) is 0 Å². The second-order valence-corrected chi connectivity index (χ2v) is 23.9. The van der Waals surface area contributed by atoms with Gasteiger partial charge < -0.3 is 20.3 Å². The molecule has 0 aromatic rings. The number of carbonyl (C=O) groups is 2. The topological polar surface area (TPSA) is 95.9 Å². The summed E-state index contributed by atoms with van der Waals surface area (Å²) in [6.45, 7) is 4.95. The third kappa shape index (κ3) is 63.1. The molecule has 0 aromatic heterocycles. The molecule has 0 heterocycles. The molecule has 0 saturated carbocycles. The maximum Gasteiger partial charge on any atom is 0.305 e. The Kier molecular flexibility index (Phi) is 64.9. The number of rotatable bonds is 65. The Hall–Kier alpha value is -1.92. The molecule has 0 aliphatic carbocycles. The number of nitrogens with one attached hydrogen (secondary N) is 1. The fraction of sp³-hybridized carbons (Fsp3) is 0.887. The van der Waals surface area contributed by atoms with Crippen LogP contribution in [0.5, 0.6) is 0 Å². The average Bonchev–Trinajstić information content (AvgIpc) is 3.43. The Bertz CT molecular complexity index is 1250. The van der Waals surface area contributed by atoms with Gasteiger partial charge in [-0.3, -0.25) is 9.59 Å². The van der Waals surface area contributed by atoms with E-state index in [2.05, 4.69) is 55.6 Å². The van der Waals surface area contributed by atoms with Crippen molar-refractivity contribution in [3.05, 3.63) is 36.5 Å². The van der Waals surface area contributed by atoms with E-state index < -0.39 is 12.1 Å². The van der Waals surface area contributed by atoms with Crippen LogP contribution in [-0.2, 0) is 14.3 Å². The molecule has 6 heteroatoms. The smallest absolute Gasteiger partial charge is 0.305 e. The van der Waals surface area contributed by atoms with Gasteiger partial charge in [-0.25, -0.2) is 0 Å². The third-order valence-electron chi connectivity index (χ3n) is 16.2. The maximum absolute atomic E-state index is 12.5. The van der Waals surface area contributed by atoms with Gasteiger partial charge in [-0.2, -0.15) is 0 Å². The van der Waals surface area contributed by atoms with Crippen LogP contribution < -0.4 is 5.32 Å². The van der Waals surface area contributed by atoms with Crippen molar-refractivity contribution in [1.82, 2.24) is 5.32 Å². The van der Waals surface area contributed by atoms with E-state index in [9.17, 15) is 19.8 Å². The van der Waals surface area contributed by atoms with Gasteiger partial charge in [0.05, 0.1) is 25.4 Å². The molecule has 6 nitrogen and oxygen atoms in total. The molecule has 0 aliphatic rings. The average molecular weight is 1080 g/mol. The molecule has 0 saturated heterocycles. The van der Waals surface area contributed by atoms with Crippen LogP contribution in [0.2, 0.25) is 0 Å². The largest absolute Gasteiger partial charge is 0.466 e. The predicted octanol–water partition coefficient (Wildman–Crippen LogP) is 22.3. The summed E-state index contributed by atoms with van der Waals surface area (Å²) in [6.07, 6.45) is 84.6. The van der Waals surface area contributed by atoms with Crippen LogP contribution in [0.25, 0.3) is 0 Å². The lowest BCUT2D eigenvalue weighted by Crippen LogP contribution is -2.45. The van der Waals surface area contributed by atoms with Crippen LogP contribution in [0.1, 0.15) is 380 Å². The lowest BCUT2D eigenvalue weighted by atomic mass is 10.0. The van der Waals surface area contributed by atoms with Crippen LogP contribution in [0.15, 0.2) is 36.5 Å². The van der Waals surface area contributed by atoms with E-state index >= 15 is 0 Å². The Balaban J connectivity index is 3.42. The summed E-state index contributed by atoms with van der Waals surface area (Å²) in [7, 11) is 0. The molecule has 2 atom stereocenters. The molecule has 1 amide bonds. The lowest BCUT2D eigenvalue weighted by molar-refractivity contribution is -0.143. The monoisotopic (exact) mass is 1080 g/mol. The van der Waals surface area contributed by atoms with E-state index in [0.717, 1.165) is 51.4 Å². The molecular weight excluding hydrogens is 947 g/mol. The number of esters is 1. The molecule has 3 N–H and O–H groups in total. The number of ether oxygens (including phenoxy) is 1. The van der Waals surface area contributed by atoms with Crippen molar-refractivity contribution in [3.63, 3.8) is 0 Å². The van der Waals surface area contributed by atoms with Crippen molar-refractivity contribution >= 4 is 11.9 Å². The van der Waals surface area contributed by atoms with E-state index in [1.807, 2.05) is 0 Å². The number of hydrogen-bond donors (Lipinski definition) is 3. The Morgan fingerprint density at radius 2 is 0.649 bits per heavy atom. The van der Waals surface area contributed by atoms with Crippen LogP contribution >= 0.6 is 0 Å². The van der Waals surface area contributed by atoms with E-state index in [4.69, 9.17) is 4.74 Å². The van der Waals surface area contributed by atoms with Crippen LogP contribution in [0, 0.1) is 0 Å². The zero-order valence-corrected chi connectivity index (χ0v) is 52.0.